The van der Waals surface area contributed by atoms with Crippen molar-refractivity contribution in [3.63, 3.8) is 0 Å². The van der Waals surface area contributed by atoms with E-state index in [0.29, 0.717) is 27.8 Å². The van der Waals surface area contributed by atoms with E-state index >= 15 is 0 Å². The Bertz CT molecular complexity index is 1200. The first-order chi connectivity index (χ1) is 16.2. The number of ether oxygens (including phenoxy) is 1. The first-order valence-electron chi connectivity index (χ1n) is 11.0. The van der Waals surface area contributed by atoms with Gasteiger partial charge in [-0.2, -0.15) is 13.9 Å². The van der Waals surface area contributed by atoms with E-state index in [1.54, 1.807) is 35.0 Å². The Balaban J connectivity index is 0.000000291. The van der Waals surface area contributed by atoms with Crippen LogP contribution in [0.2, 0.25) is 0 Å². The van der Waals surface area contributed by atoms with E-state index in [9.17, 15) is 22.9 Å². The van der Waals surface area contributed by atoms with Crippen LogP contribution in [0.25, 0.3) is 16.6 Å². The second-order valence-corrected chi connectivity index (χ2v) is 10.3. The molecule has 3 aromatic rings. The third-order valence-corrected chi connectivity index (χ3v) is 7.99. The maximum atomic E-state index is 12.5. The van der Waals surface area contributed by atoms with Crippen molar-refractivity contribution in [3.8, 4) is 11.4 Å². The molecule has 1 saturated heterocycles. The summed E-state index contributed by atoms with van der Waals surface area (Å²) in [6, 6.07) is 11.3. The van der Waals surface area contributed by atoms with Gasteiger partial charge in [0.15, 0.2) is 0 Å². The van der Waals surface area contributed by atoms with Gasteiger partial charge in [-0.15, -0.1) is 0 Å². The molecule has 2 aliphatic rings. The Morgan fingerprint density at radius 3 is 2.56 bits per heavy atom. The number of carbonyl (C=O) groups is 1. The molecule has 7 nitrogen and oxygen atoms in total. The highest BCUT2D eigenvalue weighted by molar-refractivity contribution is 7.86. The third-order valence-electron chi connectivity index (χ3n) is 6.07. The highest BCUT2D eigenvalue weighted by Gasteiger charge is 2.36. The average Bonchev–Trinajstić information content (AvgIpc) is 3.58. The summed E-state index contributed by atoms with van der Waals surface area (Å²) < 4.78 is 41.5. The van der Waals surface area contributed by atoms with Crippen molar-refractivity contribution in [3.05, 3.63) is 53.7 Å². The van der Waals surface area contributed by atoms with Crippen molar-refractivity contribution in [1.82, 2.24) is 15.1 Å². The van der Waals surface area contributed by atoms with Crippen LogP contribution in [-0.4, -0.2) is 56.1 Å². The van der Waals surface area contributed by atoms with Crippen LogP contribution in [0.15, 0.2) is 42.5 Å². The summed E-state index contributed by atoms with van der Waals surface area (Å²) in [5.41, 5.74) is 2.37. The number of hydrogen-bond acceptors (Lipinski definition) is 6. The predicted octanol–water partition coefficient (Wildman–Crippen LogP) is 3.61. The number of aliphatic hydroxyl groups excluding tert-OH is 1. The second-order valence-electron chi connectivity index (χ2n) is 8.89. The van der Waals surface area contributed by atoms with Crippen molar-refractivity contribution in [2.45, 2.75) is 38.0 Å². The van der Waals surface area contributed by atoms with E-state index in [-0.39, 0.29) is 17.2 Å². The average molecular weight is 492 g/mol. The van der Waals surface area contributed by atoms with Gasteiger partial charge in [0, 0.05) is 44.9 Å². The Hall–Kier alpha value is -2.69. The number of fused-ring (bicyclic) bond motifs is 1. The smallest absolute Gasteiger partial charge is 0.387 e. The zero-order chi connectivity index (χ0) is 24.5. The zero-order valence-electron chi connectivity index (χ0n) is 18.9. The van der Waals surface area contributed by atoms with Crippen molar-refractivity contribution >= 4 is 28.0 Å². The maximum absolute atomic E-state index is 12.5. The Morgan fingerprint density at radius 1 is 1.26 bits per heavy atom. The molecular weight excluding hydrogens is 464 g/mol. The Kier molecular flexibility index (Phi) is 7.11. The molecule has 1 aliphatic carbocycles. The van der Waals surface area contributed by atoms with Gasteiger partial charge in [-0.05, 0) is 63.1 Å². The molecule has 2 heterocycles. The van der Waals surface area contributed by atoms with Crippen LogP contribution in [0.1, 0.15) is 41.9 Å². The zero-order valence-corrected chi connectivity index (χ0v) is 19.7. The quantitative estimate of drug-likeness (QED) is 0.491. The van der Waals surface area contributed by atoms with Gasteiger partial charge >= 0.3 is 6.61 Å². The van der Waals surface area contributed by atoms with Crippen LogP contribution >= 0.6 is 0 Å². The van der Waals surface area contributed by atoms with Gasteiger partial charge in [-0.25, -0.2) is 4.68 Å². The van der Waals surface area contributed by atoms with Gasteiger partial charge in [0.05, 0.1) is 16.9 Å². The molecule has 5 rings (SSSR count). The standard InChI is InChI=1S/C19H16F2N2O3.C5H11NOS/c20-19(21)26-14-3-1-2-13(9-14)23-16-7-4-11(10-24)8-15(16)17(22-23)18(25)12-5-6-12;1-5(6-2)3-8(7)4-5/h1-4,7-10,12,18-19,25H,5-6H2;6H,3-4H2,1-2H3. The maximum Gasteiger partial charge on any atom is 0.387 e. The molecule has 1 aliphatic heterocycles. The van der Waals surface area contributed by atoms with Gasteiger partial charge in [0.1, 0.15) is 18.1 Å². The molecule has 2 aromatic carbocycles. The molecular formula is C24H27F2N3O4S. The van der Waals surface area contributed by atoms with E-state index in [0.717, 1.165) is 30.6 Å². The SMILES string of the molecule is CNC1(C)CS(=O)C1.O=Cc1ccc2c(c1)c(C(O)C1CC1)nn2-c1cccc(OC(F)F)c1. The van der Waals surface area contributed by atoms with Crippen molar-refractivity contribution < 1.29 is 27.6 Å². The molecule has 34 heavy (non-hydrogen) atoms. The number of aldehydes is 1. The second kappa shape index (κ2) is 9.89. The lowest BCUT2D eigenvalue weighted by Gasteiger charge is -2.36. The highest BCUT2D eigenvalue weighted by Crippen LogP contribution is 2.42. The van der Waals surface area contributed by atoms with Crippen molar-refractivity contribution in [2.24, 2.45) is 5.92 Å². The highest BCUT2D eigenvalue weighted by atomic mass is 32.2. The van der Waals surface area contributed by atoms with E-state index in [2.05, 4.69) is 22.1 Å². The fourth-order valence-electron chi connectivity index (χ4n) is 3.89. The molecule has 0 amide bonds. The minimum Gasteiger partial charge on any atom is -0.435 e. The van der Waals surface area contributed by atoms with E-state index in [1.807, 2.05) is 7.05 Å². The summed E-state index contributed by atoms with van der Waals surface area (Å²) in [5, 5.41) is 18.9. The number of halogens is 2. The summed E-state index contributed by atoms with van der Waals surface area (Å²) in [7, 11) is 1.39. The number of alkyl halides is 2. The molecule has 0 spiro atoms. The number of rotatable bonds is 7. The van der Waals surface area contributed by atoms with Crippen LogP contribution in [0.3, 0.4) is 0 Å². The molecule has 1 aromatic heterocycles. The summed E-state index contributed by atoms with van der Waals surface area (Å²) in [4.78, 5) is 11.1. The Labute approximate surface area is 198 Å². The molecule has 1 unspecified atom stereocenters. The summed E-state index contributed by atoms with van der Waals surface area (Å²) >= 11 is 0. The number of aliphatic hydroxyl groups is 1. The first kappa shape index (κ1) is 24.4. The topological polar surface area (TPSA) is 93.5 Å². The molecule has 0 bridgehead atoms. The van der Waals surface area contributed by atoms with E-state index in [4.69, 9.17) is 0 Å². The minimum absolute atomic E-state index is 0.0231. The normalized spacial score (nSPS) is 22.6. The number of aromatic nitrogens is 2. The molecule has 2 N–H and O–H groups in total. The number of nitrogens with one attached hydrogen (secondary N) is 1. The number of carbonyl (C=O) groups excluding carboxylic acids is 1. The lowest BCUT2D eigenvalue weighted by atomic mass is 10.1. The summed E-state index contributed by atoms with van der Waals surface area (Å²) in [6.07, 6.45) is 1.88. The predicted molar refractivity (Wildman–Crippen MR) is 126 cm³/mol. The van der Waals surface area contributed by atoms with Crippen LogP contribution in [0.5, 0.6) is 5.75 Å². The molecule has 0 radical (unpaired) electrons. The molecule has 2 fully saturated rings. The van der Waals surface area contributed by atoms with Crippen molar-refractivity contribution in [1.29, 1.82) is 0 Å². The number of hydrogen-bond donors (Lipinski definition) is 2. The minimum atomic E-state index is -2.91. The number of benzene rings is 2. The molecule has 182 valence electrons. The first-order valence-corrected chi connectivity index (χ1v) is 12.5. The van der Waals surface area contributed by atoms with Crippen molar-refractivity contribution in [2.75, 3.05) is 18.6 Å². The van der Waals surface area contributed by atoms with Gasteiger partial charge in [-0.3, -0.25) is 9.00 Å². The van der Waals surface area contributed by atoms with Gasteiger partial charge < -0.3 is 15.2 Å². The monoisotopic (exact) mass is 491 g/mol. The fraction of sp³-hybridized carbons (Fsp3) is 0.417. The van der Waals surface area contributed by atoms with Gasteiger partial charge in [0.2, 0.25) is 0 Å². The lowest BCUT2D eigenvalue weighted by Crippen LogP contribution is -2.58. The molecule has 1 atom stereocenters. The third kappa shape index (κ3) is 5.34. The van der Waals surface area contributed by atoms with E-state index < -0.39 is 23.5 Å². The van der Waals surface area contributed by atoms with Crippen LogP contribution in [-0.2, 0) is 10.8 Å². The number of nitrogens with zero attached hydrogens (tertiary/aromatic N) is 2. The largest absolute Gasteiger partial charge is 0.435 e. The van der Waals surface area contributed by atoms with Crippen LogP contribution in [0, 0.1) is 5.92 Å². The van der Waals surface area contributed by atoms with Gasteiger partial charge in [0.25, 0.3) is 0 Å². The van der Waals surface area contributed by atoms with Crippen LogP contribution in [0.4, 0.5) is 8.78 Å². The van der Waals surface area contributed by atoms with E-state index in [1.165, 1.54) is 12.1 Å². The fourth-order valence-corrected chi connectivity index (χ4v) is 5.51. The van der Waals surface area contributed by atoms with Crippen LogP contribution < -0.4 is 10.1 Å². The summed E-state index contributed by atoms with van der Waals surface area (Å²) in [5.74, 6) is 1.83. The molecule has 1 saturated carbocycles. The molecule has 10 heteroatoms. The summed E-state index contributed by atoms with van der Waals surface area (Å²) in [6.45, 7) is -0.823. The lowest BCUT2D eigenvalue weighted by molar-refractivity contribution is -0.0498. The van der Waals surface area contributed by atoms with Gasteiger partial charge in [-0.1, -0.05) is 6.07 Å². The Morgan fingerprint density at radius 2 is 2.00 bits per heavy atom.